The standard InChI is InChI=1S/C18H18N2O5S/c1-24-14-7-8-15(25-2)17-12(14)9-20(10-13(17)21)18-11-5-3-4-6-16(11)26(22,23)19-18/h3-8,13,21H,9-10H2,1-2H3. The number of hydrogen-bond acceptors (Lipinski definition) is 6. The van der Waals surface area contributed by atoms with Gasteiger partial charge >= 0.3 is 0 Å². The average molecular weight is 374 g/mol. The fourth-order valence-electron chi connectivity index (χ4n) is 3.55. The molecule has 8 heteroatoms. The molecule has 4 rings (SSSR count). The first-order chi connectivity index (χ1) is 12.5. The van der Waals surface area contributed by atoms with Crippen molar-refractivity contribution in [2.75, 3.05) is 20.8 Å². The van der Waals surface area contributed by atoms with E-state index >= 15 is 0 Å². The van der Waals surface area contributed by atoms with Crippen molar-refractivity contribution >= 4 is 15.9 Å². The molecule has 0 saturated heterocycles. The Morgan fingerprint density at radius 1 is 1.12 bits per heavy atom. The molecule has 0 aliphatic carbocycles. The quantitative estimate of drug-likeness (QED) is 0.861. The van der Waals surface area contributed by atoms with E-state index in [1.54, 1.807) is 55.5 Å². The summed E-state index contributed by atoms with van der Waals surface area (Å²) >= 11 is 0. The van der Waals surface area contributed by atoms with Crippen molar-refractivity contribution in [1.82, 2.24) is 4.90 Å². The van der Waals surface area contributed by atoms with Crippen molar-refractivity contribution in [2.24, 2.45) is 4.40 Å². The van der Waals surface area contributed by atoms with Gasteiger partial charge in [0.25, 0.3) is 10.0 Å². The zero-order valence-corrected chi connectivity index (χ0v) is 15.2. The van der Waals surface area contributed by atoms with Gasteiger partial charge in [-0.2, -0.15) is 8.42 Å². The van der Waals surface area contributed by atoms with E-state index in [-0.39, 0.29) is 11.4 Å². The molecule has 2 aromatic carbocycles. The average Bonchev–Trinajstić information content (AvgIpc) is 2.92. The Hall–Kier alpha value is -2.58. The van der Waals surface area contributed by atoms with Crippen molar-refractivity contribution in [1.29, 1.82) is 0 Å². The van der Waals surface area contributed by atoms with Crippen molar-refractivity contribution in [3.8, 4) is 11.5 Å². The number of aliphatic hydroxyl groups excluding tert-OH is 1. The molecule has 1 N–H and O–H groups in total. The summed E-state index contributed by atoms with van der Waals surface area (Å²) < 4.78 is 39.4. The molecule has 2 heterocycles. The molecular weight excluding hydrogens is 356 g/mol. The molecular formula is C18H18N2O5S. The summed E-state index contributed by atoms with van der Waals surface area (Å²) in [5.74, 6) is 1.53. The largest absolute Gasteiger partial charge is 0.496 e. The predicted molar refractivity (Wildman–Crippen MR) is 95.1 cm³/mol. The molecule has 1 atom stereocenters. The van der Waals surface area contributed by atoms with Crippen LogP contribution >= 0.6 is 0 Å². The molecule has 2 aliphatic rings. The van der Waals surface area contributed by atoms with Crippen LogP contribution in [0.2, 0.25) is 0 Å². The molecule has 0 fully saturated rings. The van der Waals surface area contributed by atoms with Crippen LogP contribution in [0.4, 0.5) is 0 Å². The Labute approximate surface area is 151 Å². The number of sulfonamides is 1. The molecule has 2 aliphatic heterocycles. The minimum Gasteiger partial charge on any atom is -0.496 e. The first-order valence-corrected chi connectivity index (χ1v) is 9.51. The number of β-amino-alcohol motifs (C(OH)–C–C–N with tert-alkyl or cyclic N) is 1. The molecule has 2 aromatic rings. The lowest BCUT2D eigenvalue weighted by Gasteiger charge is -2.35. The van der Waals surface area contributed by atoms with Crippen molar-refractivity contribution in [2.45, 2.75) is 17.5 Å². The summed E-state index contributed by atoms with van der Waals surface area (Å²) in [7, 11) is -0.616. The molecule has 0 bridgehead atoms. The van der Waals surface area contributed by atoms with Crippen LogP contribution in [0.3, 0.4) is 0 Å². The molecule has 7 nitrogen and oxygen atoms in total. The van der Waals surface area contributed by atoms with E-state index in [0.717, 1.165) is 5.56 Å². The number of hydrogen-bond donors (Lipinski definition) is 1. The molecule has 0 radical (unpaired) electrons. The predicted octanol–water partition coefficient (Wildman–Crippen LogP) is 1.70. The molecule has 0 saturated carbocycles. The van der Waals surface area contributed by atoms with Crippen molar-refractivity contribution in [3.63, 3.8) is 0 Å². The third kappa shape index (κ3) is 2.45. The highest BCUT2D eigenvalue weighted by molar-refractivity contribution is 7.90. The maximum atomic E-state index is 12.3. The lowest BCUT2D eigenvalue weighted by molar-refractivity contribution is 0.122. The summed E-state index contributed by atoms with van der Waals surface area (Å²) in [5.41, 5.74) is 1.97. The molecule has 136 valence electrons. The zero-order valence-electron chi connectivity index (χ0n) is 14.3. The lowest BCUT2D eigenvalue weighted by atomic mass is 9.94. The van der Waals surface area contributed by atoms with Gasteiger partial charge in [0.2, 0.25) is 0 Å². The first kappa shape index (κ1) is 16.9. The second-order valence-electron chi connectivity index (χ2n) is 6.14. The number of benzene rings is 2. The lowest BCUT2D eigenvalue weighted by Crippen LogP contribution is -2.38. The van der Waals surface area contributed by atoms with Crippen molar-refractivity contribution in [3.05, 3.63) is 53.1 Å². The number of nitrogens with zero attached hydrogens (tertiary/aromatic N) is 2. The SMILES string of the molecule is COc1ccc(OC)c2c1CN(C1=NS(=O)(=O)c3ccccc31)CC2O. The van der Waals surface area contributed by atoms with Gasteiger partial charge in [0, 0.05) is 23.2 Å². The number of fused-ring (bicyclic) bond motifs is 2. The van der Waals surface area contributed by atoms with Gasteiger partial charge in [-0.25, -0.2) is 0 Å². The number of methoxy groups -OCH3 is 2. The van der Waals surface area contributed by atoms with Crippen LogP contribution in [0.1, 0.15) is 22.8 Å². The monoisotopic (exact) mass is 374 g/mol. The van der Waals surface area contributed by atoms with Crippen LogP contribution in [0.15, 0.2) is 45.7 Å². The Bertz CT molecular complexity index is 1020. The summed E-state index contributed by atoms with van der Waals surface area (Å²) in [6.45, 7) is 0.564. The third-order valence-electron chi connectivity index (χ3n) is 4.70. The van der Waals surface area contributed by atoms with Gasteiger partial charge in [-0.05, 0) is 24.3 Å². The summed E-state index contributed by atoms with van der Waals surface area (Å²) in [6, 6.07) is 10.2. The van der Waals surface area contributed by atoms with E-state index in [9.17, 15) is 13.5 Å². The zero-order chi connectivity index (χ0) is 18.5. The number of amidine groups is 1. The summed E-state index contributed by atoms with van der Waals surface area (Å²) in [6.07, 6.45) is -0.859. The Balaban J connectivity index is 1.82. The van der Waals surface area contributed by atoms with Gasteiger partial charge < -0.3 is 19.5 Å². The van der Waals surface area contributed by atoms with Crippen LogP contribution in [0.25, 0.3) is 0 Å². The fourth-order valence-corrected chi connectivity index (χ4v) is 4.78. The van der Waals surface area contributed by atoms with Crippen molar-refractivity contribution < 1.29 is 23.0 Å². The summed E-state index contributed by atoms with van der Waals surface area (Å²) in [5, 5.41) is 10.7. The Morgan fingerprint density at radius 2 is 1.81 bits per heavy atom. The van der Waals surface area contributed by atoms with Crippen LogP contribution in [0, 0.1) is 0 Å². The van der Waals surface area contributed by atoms with Gasteiger partial charge in [0.15, 0.2) is 5.84 Å². The van der Waals surface area contributed by atoms with Gasteiger partial charge in [-0.15, -0.1) is 4.40 Å². The molecule has 1 unspecified atom stereocenters. The van der Waals surface area contributed by atoms with Gasteiger partial charge in [-0.1, -0.05) is 12.1 Å². The van der Waals surface area contributed by atoms with Crippen LogP contribution in [-0.2, 0) is 16.6 Å². The van der Waals surface area contributed by atoms with E-state index < -0.39 is 16.1 Å². The molecule has 0 aromatic heterocycles. The second kappa shape index (κ2) is 6.00. The maximum Gasteiger partial charge on any atom is 0.285 e. The number of ether oxygens (including phenoxy) is 2. The van der Waals surface area contributed by atoms with E-state index in [4.69, 9.17) is 9.47 Å². The highest BCUT2D eigenvalue weighted by Crippen LogP contribution is 2.40. The molecule has 26 heavy (non-hydrogen) atoms. The fraction of sp³-hybridized carbons (Fsp3) is 0.278. The van der Waals surface area contributed by atoms with Gasteiger partial charge in [0.1, 0.15) is 22.5 Å². The van der Waals surface area contributed by atoms with Gasteiger partial charge in [0.05, 0.1) is 20.8 Å². The number of rotatable bonds is 2. The molecule has 0 amide bonds. The first-order valence-electron chi connectivity index (χ1n) is 8.07. The third-order valence-corrected chi connectivity index (χ3v) is 6.03. The highest BCUT2D eigenvalue weighted by Gasteiger charge is 2.36. The molecule has 0 spiro atoms. The minimum atomic E-state index is -3.72. The maximum absolute atomic E-state index is 12.3. The topological polar surface area (TPSA) is 88.4 Å². The van der Waals surface area contributed by atoms with Crippen LogP contribution in [-0.4, -0.2) is 45.0 Å². The minimum absolute atomic E-state index is 0.188. The van der Waals surface area contributed by atoms with E-state index in [1.165, 1.54) is 0 Å². The van der Waals surface area contributed by atoms with Crippen LogP contribution < -0.4 is 9.47 Å². The van der Waals surface area contributed by atoms with E-state index in [2.05, 4.69) is 4.40 Å². The summed E-state index contributed by atoms with van der Waals surface area (Å²) in [4.78, 5) is 1.95. The van der Waals surface area contributed by atoms with E-state index in [1.807, 2.05) is 0 Å². The Kier molecular flexibility index (Phi) is 3.89. The van der Waals surface area contributed by atoms with Gasteiger partial charge in [-0.3, -0.25) is 0 Å². The smallest absolute Gasteiger partial charge is 0.285 e. The highest BCUT2D eigenvalue weighted by atomic mass is 32.2. The van der Waals surface area contributed by atoms with Crippen LogP contribution in [0.5, 0.6) is 11.5 Å². The normalized spacial score (nSPS) is 20.2. The van der Waals surface area contributed by atoms with E-state index in [0.29, 0.717) is 35.0 Å². The number of aliphatic hydroxyl groups is 1. The second-order valence-corrected chi connectivity index (χ2v) is 7.72. The Morgan fingerprint density at radius 3 is 2.54 bits per heavy atom.